The van der Waals surface area contributed by atoms with Crippen LogP contribution >= 0.6 is 7.14 Å². The van der Waals surface area contributed by atoms with Crippen molar-refractivity contribution in [3.05, 3.63) is 72.3 Å². The zero-order chi connectivity index (χ0) is 26.8. The fraction of sp³-hybridized carbons (Fsp3) is 0.533. The summed E-state index contributed by atoms with van der Waals surface area (Å²) in [7, 11) is -6.50. The molecule has 1 fully saturated rings. The van der Waals surface area contributed by atoms with Crippen LogP contribution in [0.1, 0.15) is 40.5 Å². The molecule has 3 atom stereocenters. The molecule has 3 nitrogen and oxygen atoms in total. The molecule has 0 radical (unpaired) electrons. The van der Waals surface area contributed by atoms with E-state index in [4.69, 9.17) is 8.85 Å². The average Bonchev–Trinajstić information content (AvgIpc) is 2.79. The van der Waals surface area contributed by atoms with Gasteiger partial charge in [0.25, 0.3) is 0 Å². The van der Waals surface area contributed by atoms with Crippen molar-refractivity contribution in [1.82, 2.24) is 0 Å². The third-order valence-electron chi connectivity index (χ3n) is 7.70. The molecule has 2 aromatic carbocycles. The molecule has 0 aliphatic heterocycles. The highest BCUT2D eigenvalue weighted by Crippen LogP contribution is 2.46. The monoisotopic (exact) mass is 542 g/mol. The van der Waals surface area contributed by atoms with Crippen LogP contribution in [0.4, 0.5) is 0 Å². The Morgan fingerprint density at radius 3 is 1.81 bits per heavy atom. The van der Waals surface area contributed by atoms with Crippen molar-refractivity contribution in [2.24, 2.45) is 5.92 Å². The van der Waals surface area contributed by atoms with Crippen molar-refractivity contribution in [2.75, 3.05) is 6.16 Å². The average molecular weight is 543 g/mol. The maximum Gasteiger partial charge on any atom is 0.192 e. The number of hydrogen-bond donors (Lipinski definition) is 0. The first-order chi connectivity index (χ1) is 16.6. The second-order valence-corrected chi connectivity index (χ2v) is 25.0. The Morgan fingerprint density at radius 1 is 0.861 bits per heavy atom. The molecule has 0 N–H and O–H groups in total. The zero-order valence-electron chi connectivity index (χ0n) is 23.9. The summed E-state index contributed by atoms with van der Waals surface area (Å²) in [6.07, 6.45) is 4.78. The molecule has 2 aromatic rings. The van der Waals surface area contributed by atoms with Gasteiger partial charge in [0, 0.05) is 16.8 Å². The predicted octanol–water partition coefficient (Wildman–Crippen LogP) is 7.97. The third kappa shape index (κ3) is 7.20. The van der Waals surface area contributed by atoms with Crippen molar-refractivity contribution in [2.45, 2.75) is 90.5 Å². The summed E-state index contributed by atoms with van der Waals surface area (Å²) in [5.74, 6) is 0.360. The van der Waals surface area contributed by atoms with Crippen LogP contribution in [0.15, 0.2) is 72.3 Å². The van der Waals surface area contributed by atoms with E-state index in [0.29, 0.717) is 12.1 Å². The van der Waals surface area contributed by atoms with Gasteiger partial charge in [-0.25, -0.2) is 0 Å². The maximum absolute atomic E-state index is 14.5. The molecule has 6 heteroatoms. The van der Waals surface area contributed by atoms with E-state index < -0.39 is 23.8 Å². The van der Waals surface area contributed by atoms with E-state index in [0.717, 1.165) is 23.5 Å². The van der Waals surface area contributed by atoms with Gasteiger partial charge in [0.05, 0.1) is 12.2 Å². The lowest BCUT2D eigenvalue weighted by molar-refractivity contribution is -0.00644. The molecule has 0 spiro atoms. The zero-order valence-corrected chi connectivity index (χ0v) is 26.8. The maximum atomic E-state index is 14.5. The summed E-state index contributed by atoms with van der Waals surface area (Å²) in [4.78, 5) is 0. The number of allylic oxidation sites excluding steroid dienone is 1. The predicted molar refractivity (Wildman–Crippen MR) is 161 cm³/mol. The molecular formula is C30H47O3PSi2. The quantitative estimate of drug-likeness (QED) is 0.193. The molecule has 1 saturated carbocycles. The van der Waals surface area contributed by atoms with Crippen LogP contribution in [-0.4, -0.2) is 35.0 Å². The van der Waals surface area contributed by atoms with Crippen LogP contribution in [0.5, 0.6) is 0 Å². The van der Waals surface area contributed by atoms with Crippen molar-refractivity contribution in [1.29, 1.82) is 0 Å². The van der Waals surface area contributed by atoms with Crippen LogP contribution in [0.25, 0.3) is 0 Å². The molecule has 0 amide bonds. The first-order valence-corrected chi connectivity index (χ1v) is 21.6. The van der Waals surface area contributed by atoms with E-state index in [-0.39, 0.29) is 17.2 Å². The Bertz CT molecular complexity index is 1030. The van der Waals surface area contributed by atoms with E-state index in [9.17, 15) is 4.57 Å². The first kappa shape index (κ1) is 29.3. The summed E-state index contributed by atoms with van der Waals surface area (Å²) in [6.45, 7) is 20.7. The van der Waals surface area contributed by atoms with Crippen LogP contribution in [0.2, 0.25) is 37.8 Å². The Morgan fingerprint density at radius 2 is 1.36 bits per heavy atom. The largest absolute Gasteiger partial charge is 0.412 e. The summed E-state index contributed by atoms with van der Waals surface area (Å²) in [6, 6.07) is 20.0. The fourth-order valence-corrected chi connectivity index (χ4v) is 9.81. The molecule has 0 bridgehead atoms. The van der Waals surface area contributed by atoms with Gasteiger partial charge in [-0.15, -0.1) is 0 Å². The Labute approximate surface area is 222 Å². The second kappa shape index (κ2) is 11.2. The smallest absolute Gasteiger partial charge is 0.192 e. The van der Waals surface area contributed by atoms with Gasteiger partial charge in [0.1, 0.15) is 7.14 Å². The highest BCUT2D eigenvalue weighted by molar-refractivity contribution is 7.78. The first-order valence-electron chi connectivity index (χ1n) is 13.4. The van der Waals surface area contributed by atoms with Crippen LogP contribution in [0, 0.1) is 5.92 Å². The molecule has 198 valence electrons. The molecule has 0 aromatic heterocycles. The Hall–Kier alpha value is -1.24. The topological polar surface area (TPSA) is 35.5 Å². The fourth-order valence-electron chi connectivity index (χ4n) is 4.74. The van der Waals surface area contributed by atoms with Crippen LogP contribution in [0.3, 0.4) is 0 Å². The van der Waals surface area contributed by atoms with Gasteiger partial charge in [-0.1, -0.05) is 100 Å². The summed E-state index contributed by atoms with van der Waals surface area (Å²) < 4.78 is 28.3. The minimum absolute atomic E-state index is 0.0421. The van der Waals surface area contributed by atoms with Gasteiger partial charge in [-0.3, -0.25) is 0 Å². The summed E-state index contributed by atoms with van der Waals surface area (Å²) in [5, 5.41) is 1.98. The lowest BCUT2D eigenvalue weighted by Crippen LogP contribution is -2.53. The molecule has 1 aliphatic rings. The third-order valence-corrected chi connectivity index (χ3v) is 16.1. The van der Waals surface area contributed by atoms with E-state index in [2.05, 4.69) is 66.5 Å². The summed E-state index contributed by atoms with van der Waals surface area (Å²) >= 11 is 0. The molecule has 3 rings (SSSR count). The normalized spacial score (nSPS) is 23.1. The highest BCUT2D eigenvalue weighted by Gasteiger charge is 2.44. The standard InChI is InChI=1S/C30H47O3PSi2/c1-24-22-25(23-28(29(24)33-35(5,6)7)32-36(8,9)30(2,3)4)20-21-34(31,26-16-12-10-13-17-26)27-18-14-11-15-19-27/h10-20,24,28-29H,21-23H2,1-9H3/b25-20-/t24-,28-,29?/m1/s1. The van der Waals surface area contributed by atoms with Crippen molar-refractivity contribution >= 4 is 34.4 Å². The van der Waals surface area contributed by atoms with E-state index in [1.165, 1.54) is 5.57 Å². The molecule has 36 heavy (non-hydrogen) atoms. The van der Waals surface area contributed by atoms with Crippen molar-refractivity contribution in [3.63, 3.8) is 0 Å². The molecular weight excluding hydrogens is 495 g/mol. The SMILES string of the molecule is C[C@@H]1C/C(=C/CP(=O)(c2ccccc2)c2ccccc2)C[C@@H](O[Si](C)(C)C(C)(C)C)C1O[Si](C)(C)C. The van der Waals surface area contributed by atoms with E-state index in [1.807, 2.05) is 60.7 Å². The van der Waals surface area contributed by atoms with E-state index in [1.54, 1.807) is 0 Å². The minimum atomic E-state index is -2.78. The molecule has 1 unspecified atom stereocenters. The lowest BCUT2D eigenvalue weighted by atomic mass is 9.82. The Balaban J connectivity index is 1.94. The lowest BCUT2D eigenvalue weighted by Gasteiger charge is -2.46. The molecule has 0 saturated heterocycles. The van der Waals surface area contributed by atoms with Crippen LogP contribution < -0.4 is 10.6 Å². The number of rotatable bonds is 8. The molecule has 1 aliphatic carbocycles. The minimum Gasteiger partial charge on any atom is -0.412 e. The van der Waals surface area contributed by atoms with Gasteiger partial charge in [-0.2, -0.15) is 0 Å². The number of benzene rings is 2. The van der Waals surface area contributed by atoms with Gasteiger partial charge in [0.2, 0.25) is 0 Å². The highest BCUT2D eigenvalue weighted by atomic mass is 31.2. The second-order valence-electron chi connectivity index (χ2n) is 13.0. The van der Waals surface area contributed by atoms with Gasteiger partial charge < -0.3 is 13.4 Å². The van der Waals surface area contributed by atoms with Crippen molar-refractivity contribution in [3.8, 4) is 0 Å². The summed E-state index contributed by atoms with van der Waals surface area (Å²) in [5.41, 5.74) is 1.36. The molecule has 0 heterocycles. The van der Waals surface area contributed by atoms with Crippen molar-refractivity contribution < 1.29 is 13.4 Å². The van der Waals surface area contributed by atoms with Gasteiger partial charge in [0.15, 0.2) is 16.6 Å². The van der Waals surface area contributed by atoms with Crippen LogP contribution in [-0.2, 0) is 13.4 Å². The van der Waals surface area contributed by atoms with E-state index >= 15 is 0 Å². The Kier molecular flexibility index (Phi) is 9.16. The van der Waals surface area contributed by atoms with Gasteiger partial charge >= 0.3 is 0 Å². The van der Waals surface area contributed by atoms with Gasteiger partial charge in [-0.05, 0) is 56.5 Å². The number of hydrogen-bond acceptors (Lipinski definition) is 3.